The predicted molar refractivity (Wildman–Crippen MR) is 120 cm³/mol. The summed E-state index contributed by atoms with van der Waals surface area (Å²) in [5, 5.41) is 5.65. The van der Waals surface area contributed by atoms with E-state index in [1.807, 2.05) is 0 Å². The molecule has 0 bridgehead atoms. The molecule has 1 aromatic heterocycles. The van der Waals surface area contributed by atoms with Crippen LogP contribution in [0, 0.1) is 13.8 Å². The van der Waals surface area contributed by atoms with Crippen LogP contribution in [0.1, 0.15) is 17.0 Å². The Morgan fingerprint density at radius 2 is 1.59 bits per heavy atom. The van der Waals surface area contributed by atoms with Crippen LogP contribution in [0.3, 0.4) is 0 Å². The minimum atomic E-state index is -4.02. The standard InChI is InChI=1S/C18H14Cl5N3O2S/c1-9-18(25-29(27,28)17-7-15(22)14(21)6-16(17)23)10(2)26(24-9)8-11-3-4-12(19)5-13(11)20/h3-7,25H,8H2,1-2H3. The molecule has 0 unspecified atom stereocenters. The van der Waals surface area contributed by atoms with Crippen LogP contribution in [-0.2, 0) is 16.6 Å². The summed E-state index contributed by atoms with van der Waals surface area (Å²) < 4.78 is 29.9. The molecular formula is C18H14Cl5N3O2S. The number of nitrogens with one attached hydrogen (secondary N) is 1. The second-order valence-electron chi connectivity index (χ2n) is 6.24. The molecule has 3 aromatic rings. The molecule has 0 aliphatic carbocycles. The van der Waals surface area contributed by atoms with Crippen LogP contribution in [0.5, 0.6) is 0 Å². The molecule has 0 atom stereocenters. The third kappa shape index (κ3) is 4.79. The summed E-state index contributed by atoms with van der Waals surface area (Å²) in [6.45, 7) is 3.79. The van der Waals surface area contributed by atoms with Gasteiger partial charge < -0.3 is 0 Å². The molecule has 0 aliphatic heterocycles. The second-order valence-corrected chi connectivity index (χ2v) is 9.96. The zero-order valence-electron chi connectivity index (χ0n) is 15.1. The molecule has 29 heavy (non-hydrogen) atoms. The molecular weight excluding hydrogens is 500 g/mol. The lowest BCUT2D eigenvalue weighted by atomic mass is 10.2. The Morgan fingerprint density at radius 1 is 0.931 bits per heavy atom. The highest BCUT2D eigenvalue weighted by Crippen LogP contribution is 2.33. The van der Waals surface area contributed by atoms with Gasteiger partial charge in [-0.2, -0.15) is 5.10 Å². The van der Waals surface area contributed by atoms with E-state index < -0.39 is 10.0 Å². The van der Waals surface area contributed by atoms with Gasteiger partial charge in [0.2, 0.25) is 0 Å². The first kappa shape index (κ1) is 22.5. The van der Waals surface area contributed by atoms with Gasteiger partial charge in [0.25, 0.3) is 10.0 Å². The van der Waals surface area contributed by atoms with E-state index in [9.17, 15) is 8.42 Å². The Hall–Kier alpha value is -1.15. The molecule has 1 heterocycles. The SMILES string of the molecule is Cc1nn(Cc2ccc(Cl)cc2Cl)c(C)c1NS(=O)(=O)c1cc(Cl)c(Cl)cc1Cl. The van der Waals surface area contributed by atoms with Gasteiger partial charge in [0, 0.05) is 10.0 Å². The van der Waals surface area contributed by atoms with Gasteiger partial charge in [-0.05, 0) is 43.7 Å². The van der Waals surface area contributed by atoms with Gasteiger partial charge in [0.1, 0.15) is 4.90 Å². The molecule has 1 N–H and O–H groups in total. The second kappa shape index (κ2) is 8.53. The first-order chi connectivity index (χ1) is 13.5. The number of benzene rings is 2. The smallest absolute Gasteiger partial charge is 0.263 e. The van der Waals surface area contributed by atoms with E-state index in [1.54, 1.807) is 36.7 Å². The zero-order valence-corrected chi connectivity index (χ0v) is 19.7. The summed E-state index contributed by atoms with van der Waals surface area (Å²) in [4.78, 5) is -0.180. The third-order valence-corrected chi connectivity index (χ3v) is 7.34. The first-order valence-corrected chi connectivity index (χ1v) is 11.5. The van der Waals surface area contributed by atoms with Crippen molar-refractivity contribution < 1.29 is 8.42 Å². The minimum absolute atomic E-state index is 0.0393. The van der Waals surface area contributed by atoms with Gasteiger partial charge in [-0.25, -0.2) is 8.42 Å². The molecule has 5 nitrogen and oxygen atoms in total. The quantitative estimate of drug-likeness (QED) is 0.390. The van der Waals surface area contributed by atoms with E-state index in [1.165, 1.54) is 12.1 Å². The fourth-order valence-electron chi connectivity index (χ4n) is 2.71. The molecule has 0 saturated heterocycles. The fourth-order valence-corrected chi connectivity index (χ4v) is 5.36. The Labute approximate surface area is 193 Å². The third-order valence-electron chi connectivity index (χ3n) is 4.22. The molecule has 0 amide bonds. The summed E-state index contributed by atoms with van der Waals surface area (Å²) in [5.74, 6) is 0. The van der Waals surface area contributed by atoms with E-state index in [2.05, 4.69) is 9.82 Å². The monoisotopic (exact) mass is 511 g/mol. The van der Waals surface area contributed by atoms with Gasteiger partial charge in [0.15, 0.2) is 0 Å². The molecule has 0 spiro atoms. The average Bonchev–Trinajstić information content (AvgIpc) is 2.87. The van der Waals surface area contributed by atoms with Crippen LogP contribution in [0.15, 0.2) is 35.2 Å². The van der Waals surface area contributed by atoms with Crippen LogP contribution < -0.4 is 4.72 Å². The van der Waals surface area contributed by atoms with Crippen molar-refractivity contribution in [2.45, 2.75) is 25.3 Å². The number of rotatable bonds is 5. The van der Waals surface area contributed by atoms with Gasteiger partial charge >= 0.3 is 0 Å². The van der Waals surface area contributed by atoms with Gasteiger partial charge in [-0.15, -0.1) is 0 Å². The largest absolute Gasteiger partial charge is 0.276 e. The maximum Gasteiger partial charge on any atom is 0.263 e. The Bertz CT molecular complexity index is 1210. The Kier molecular flexibility index (Phi) is 6.63. The van der Waals surface area contributed by atoms with Crippen LogP contribution in [0.25, 0.3) is 0 Å². The number of nitrogens with zero attached hydrogens (tertiary/aromatic N) is 2. The van der Waals surface area contributed by atoms with E-state index >= 15 is 0 Å². The van der Waals surface area contributed by atoms with Crippen molar-refractivity contribution in [1.29, 1.82) is 0 Å². The topological polar surface area (TPSA) is 64.0 Å². The molecule has 2 aromatic carbocycles. The number of hydrogen-bond acceptors (Lipinski definition) is 3. The highest BCUT2D eigenvalue weighted by molar-refractivity contribution is 7.92. The van der Waals surface area contributed by atoms with Crippen molar-refractivity contribution in [1.82, 2.24) is 9.78 Å². The molecule has 0 radical (unpaired) electrons. The van der Waals surface area contributed by atoms with Crippen LogP contribution in [0.4, 0.5) is 5.69 Å². The number of hydrogen-bond donors (Lipinski definition) is 1. The number of aryl methyl sites for hydroxylation is 1. The van der Waals surface area contributed by atoms with E-state index in [-0.39, 0.29) is 20.0 Å². The normalized spacial score (nSPS) is 11.7. The number of halogens is 5. The van der Waals surface area contributed by atoms with Crippen LogP contribution >= 0.6 is 58.0 Å². The number of sulfonamides is 1. The van der Waals surface area contributed by atoms with Crippen molar-refractivity contribution in [2.75, 3.05) is 4.72 Å². The molecule has 11 heteroatoms. The lowest BCUT2D eigenvalue weighted by Gasteiger charge is -2.12. The molecule has 154 valence electrons. The van der Waals surface area contributed by atoms with Crippen molar-refractivity contribution in [3.05, 3.63) is 72.4 Å². The van der Waals surface area contributed by atoms with Gasteiger partial charge in [0.05, 0.1) is 38.7 Å². The minimum Gasteiger partial charge on any atom is -0.276 e. The lowest BCUT2D eigenvalue weighted by Crippen LogP contribution is -2.15. The predicted octanol–water partition coefficient (Wildman–Crippen LogP) is 6.62. The summed E-state index contributed by atoms with van der Waals surface area (Å²) >= 11 is 30.1. The number of aromatic nitrogens is 2. The zero-order chi connectivity index (χ0) is 21.5. The molecule has 0 fully saturated rings. The summed E-state index contributed by atoms with van der Waals surface area (Å²) in [7, 11) is -4.02. The maximum atomic E-state index is 12.9. The summed E-state index contributed by atoms with van der Waals surface area (Å²) in [6, 6.07) is 7.65. The summed E-state index contributed by atoms with van der Waals surface area (Å²) in [5.41, 5.74) is 2.24. The first-order valence-electron chi connectivity index (χ1n) is 8.15. The van der Waals surface area contributed by atoms with Gasteiger partial charge in [-0.1, -0.05) is 64.1 Å². The van der Waals surface area contributed by atoms with Crippen molar-refractivity contribution >= 4 is 73.7 Å². The lowest BCUT2D eigenvalue weighted by molar-refractivity contribution is 0.601. The maximum absolute atomic E-state index is 12.9. The molecule has 0 saturated carbocycles. The van der Waals surface area contributed by atoms with Crippen LogP contribution in [-0.4, -0.2) is 18.2 Å². The van der Waals surface area contributed by atoms with Gasteiger partial charge in [-0.3, -0.25) is 9.40 Å². The molecule has 0 aliphatic rings. The average molecular weight is 514 g/mol. The van der Waals surface area contributed by atoms with E-state index in [0.29, 0.717) is 33.7 Å². The highest BCUT2D eigenvalue weighted by atomic mass is 35.5. The fraction of sp³-hybridized carbons (Fsp3) is 0.167. The van der Waals surface area contributed by atoms with Crippen LogP contribution in [0.2, 0.25) is 25.1 Å². The van der Waals surface area contributed by atoms with Crippen molar-refractivity contribution in [2.24, 2.45) is 0 Å². The highest BCUT2D eigenvalue weighted by Gasteiger charge is 2.24. The van der Waals surface area contributed by atoms with E-state index in [4.69, 9.17) is 58.0 Å². The molecule has 3 rings (SSSR count). The van der Waals surface area contributed by atoms with Crippen molar-refractivity contribution in [3.63, 3.8) is 0 Å². The summed E-state index contributed by atoms with van der Waals surface area (Å²) in [6.07, 6.45) is 0. The number of anilines is 1. The Morgan fingerprint density at radius 3 is 2.24 bits per heavy atom. The van der Waals surface area contributed by atoms with Crippen molar-refractivity contribution in [3.8, 4) is 0 Å². The Balaban J connectivity index is 1.95. The van der Waals surface area contributed by atoms with E-state index in [0.717, 1.165) is 5.56 Å².